The summed E-state index contributed by atoms with van der Waals surface area (Å²) >= 11 is 0. The Labute approximate surface area is 69.1 Å². The Bertz CT molecular complexity index is 110. The average Bonchev–Trinajstić information content (AvgIpc) is 1.82. The number of hydrogen-bond donors (Lipinski definition) is 1. The maximum atomic E-state index is 5.53. The fourth-order valence-electron chi connectivity index (χ4n) is 1.73. The van der Waals surface area contributed by atoms with E-state index in [4.69, 9.17) is 10.5 Å². The molecule has 66 valence electrons. The summed E-state index contributed by atoms with van der Waals surface area (Å²) in [5.74, 6) is 1.40. The first kappa shape index (κ1) is 9.01. The Kier molecular flexibility index (Phi) is 3.34. The number of nitrogens with two attached hydrogens (primary N) is 1. The Morgan fingerprint density at radius 2 is 2.18 bits per heavy atom. The van der Waals surface area contributed by atoms with Gasteiger partial charge in [-0.15, -0.1) is 0 Å². The smallest absolute Gasteiger partial charge is 0.0628 e. The SMILES string of the molecule is CC(C)C(CCN)C1CCO1. The van der Waals surface area contributed by atoms with Gasteiger partial charge in [0.15, 0.2) is 0 Å². The molecule has 0 bridgehead atoms. The first-order valence-corrected chi connectivity index (χ1v) is 4.57. The van der Waals surface area contributed by atoms with E-state index in [1.165, 1.54) is 6.42 Å². The highest BCUT2D eigenvalue weighted by molar-refractivity contribution is 4.78. The molecule has 1 rings (SSSR count). The molecule has 0 radical (unpaired) electrons. The van der Waals surface area contributed by atoms with Crippen LogP contribution in [0.15, 0.2) is 0 Å². The second-order valence-electron chi connectivity index (χ2n) is 3.68. The van der Waals surface area contributed by atoms with Gasteiger partial charge < -0.3 is 10.5 Å². The maximum absolute atomic E-state index is 5.53. The van der Waals surface area contributed by atoms with Gasteiger partial charge >= 0.3 is 0 Å². The number of ether oxygens (including phenoxy) is 1. The van der Waals surface area contributed by atoms with Crippen LogP contribution < -0.4 is 5.73 Å². The molecule has 2 N–H and O–H groups in total. The minimum absolute atomic E-state index is 0.513. The first-order chi connectivity index (χ1) is 5.25. The second-order valence-corrected chi connectivity index (χ2v) is 3.68. The van der Waals surface area contributed by atoms with Gasteiger partial charge in [0.1, 0.15) is 0 Å². The molecular formula is C9H19NO. The molecule has 0 amide bonds. The fourth-order valence-corrected chi connectivity index (χ4v) is 1.73. The van der Waals surface area contributed by atoms with E-state index in [2.05, 4.69) is 13.8 Å². The van der Waals surface area contributed by atoms with Gasteiger partial charge in [0.2, 0.25) is 0 Å². The Balaban J connectivity index is 2.31. The second kappa shape index (κ2) is 4.07. The third-order valence-corrected chi connectivity index (χ3v) is 2.57. The summed E-state index contributed by atoms with van der Waals surface area (Å²) < 4.78 is 5.45. The maximum Gasteiger partial charge on any atom is 0.0628 e. The lowest BCUT2D eigenvalue weighted by Crippen LogP contribution is -2.38. The molecule has 0 spiro atoms. The van der Waals surface area contributed by atoms with Crippen LogP contribution in [-0.2, 0) is 4.74 Å². The molecule has 1 aliphatic rings. The monoisotopic (exact) mass is 157 g/mol. The van der Waals surface area contributed by atoms with Crippen molar-refractivity contribution in [1.82, 2.24) is 0 Å². The van der Waals surface area contributed by atoms with Crippen molar-refractivity contribution >= 4 is 0 Å². The lowest BCUT2D eigenvalue weighted by molar-refractivity contribution is -0.0963. The standard InChI is InChI=1S/C9H19NO/c1-7(2)8(3-5-10)9-4-6-11-9/h7-9H,3-6,10H2,1-2H3. The molecule has 2 atom stereocenters. The summed E-state index contributed by atoms with van der Waals surface area (Å²) in [6, 6.07) is 0. The van der Waals surface area contributed by atoms with E-state index in [0.717, 1.165) is 19.6 Å². The zero-order valence-corrected chi connectivity index (χ0v) is 7.55. The molecule has 2 heteroatoms. The molecule has 1 aliphatic heterocycles. The summed E-state index contributed by atoms with van der Waals surface area (Å²) in [4.78, 5) is 0. The normalized spacial score (nSPS) is 26.7. The molecule has 0 aromatic carbocycles. The number of hydrogen-bond acceptors (Lipinski definition) is 2. The molecule has 1 heterocycles. The predicted octanol–water partition coefficient (Wildman–Crippen LogP) is 1.40. The summed E-state index contributed by atoms with van der Waals surface area (Å²) in [7, 11) is 0. The molecule has 11 heavy (non-hydrogen) atoms. The van der Waals surface area contributed by atoms with Crippen LogP contribution in [0.2, 0.25) is 0 Å². The van der Waals surface area contributed by atoms with Crippen molar-refractivity contribution in [3.05, 3.63) is 0 Å². The van der Waals surface area contributed by atoms with E-state index in [9.17, 15) is 0 Å². The van der Waals surface area contributed by atoms with Crippen LogP contribution in [0.4, 0.5) is 0 Å². The van der Waals surface area contributed by atoms with Gasteiger partial charge in [0, 0.05) is 6.61 Å². The molecule has 1 saturated heterocycles. The number of rotatable bonds is 4. The highest BCUT2D eigenvalue weighted by Crippen LogP contribution is 2.28. The van der Waals surface area contributed by atoms with E-state index < -0.39 is 0 Å². The summed E-state index contributed by atoms with van der Waals surface area (Å²) in [5.41, 5.74) is 5.53. The van der Waals surface area contributed by atoms with Crippen molar-refractivity contribution in [1.29, 1.82) is 0 Å². The van der Waals surface area contributed by atoms with Gasteiger partial charge in [-0.2, -0.15) is 0 Å². The first-order valence-electron chi connectivity index (χ1n) is 4.57. The van der Waals surface area contributed by atoms with Crippen molar-refractivity contribution < 1.29 is 4.74 Å². The van der Waals surface area contributed by atoms with Gasteiger partial charge in [-0.25, -0.2) is 0 Å². The van der Waals surface area contributed by atoms with Gasteiger partial charge in [0.25, 0.3) is 0 Å². The molecule has 2 unspecified atom stereocenters. The van der Waals surface area contributed by atoms with E-state index in [1.807, 2.05) is 0 Å². The third-order valence-electron chi connectivity index (χ3n) is 2.57. The van der Waals surface area contributed by atoms with Crippen LogP contribution in [-0.4, -0.2) is 19.3 Å². The zero-order valence-electron chi connectivity index (χ0n) is 7.55. The van der Waals surface area contributed by atoms with Gasteiger partial charge in [-0.1, -0.05) is 13.8 Å². The highest BCUT2D eigenvalue weighted by atomic mass is 16.5. The van der Waals surface area contributed by atoms with Crippen molar-refractivity contribution in [3.63, 3.8) is 0 Å². The Hall–Kier alpha value is -0.0800. The van der Waals surface area contributed by atoms with Gasteiger partial charge in [-0.3, -0.25) is 0 Å². The Morgan fingerprint density at radius 1 is 1.55 bits per heavy atom. The van der Waals surface area contributed by atoms with Crippen LogP contribution in [0, 0.1) is 11.8 Å². The summed E-state index contributed by atoms with van der Waals surface area (Å²) in [6.07, 6.45) is 2.86. The molecule has 1 fully saturated rings. The van der Waals surface area contributed by atoms with Crippen LogP contribution in [0.1, 0.15) is 26.7 Å². The predicted molar refractivity (Wildman–Crippen MR) is 46.4 cm³/mol. The highest BCUT2D eigenvalue weighted by Gasteiger charge is 2.29. The van der Waals surface area contributed by atoms with E-state index in [1.54, 1.807) is 0 Å². The minimum Gasteiger partial charge on any atom is -0.378 e. The third kappa shape index (κ3) is 2.17. The summed E-state index contributed by atoms with van der Waals surface area (Å²) in [6.45, 7) is 6.26. The quantitative estimate of drug-likeness (QED) is 0.669. The van der Waals surface area contributed by atoms with Crippen LogP contribution in [0.3, 0.4) is 0 Å². The van der Waals surface area contributed by atoms with Crippen molar-refractivity contribution in [2.45, 2.75) is 32.8 Å². The molecule has 0 aliphatic carbocycles. The molecular weight excluding hydrogens is 138 g/mol. The van der Waals surface area contributed by atoms with E-state index in [-0.39, 0.29) is 0 Å². The lowest BCUT2D eigenvalue weighted by Gasteiger charge is -2.36. The zero-order chi connectivity index (χ0) is 8.27. The van der Waals surface area contributed by atoms with Crippen molar-refractivity contribution in [2.75, 3.05) is 13.2 Å². The lowest BCUT2D eigenvalue weighted by atomic mass is 9.84. The topological polar surface area (TPSA) is 35.2 Å². The van der Waals surface area contributed by atoms with Crippen molar-refractivity contribution in [2.24, 2.45) is 17.6 Å². The van der Waals surface area contributed by atoms with Gasteiger partial charge in [0.05, 0.1) is 6.10 Å². The molecule has 0 aromatic rings. The Morgan fingerprint density at radius 3 is 2.45 bits per heavy atom. The largest absolute Gasteiger partial charge is 0.378 e. The van der Waals surface area contributed by atoms with Crippen molar-refractivity contribution in [3.8, 4) is 0 Å². The van der Waals surface area contributed by atoms with Crippen LogP contribution in [0.5, 0.6) is 0 Å². The molecule has 0 aromatic heterocycles. The summed E-state index contributed by atoms with van der Waals surface area (Å²) in [5, 5.41) is 0. The average molecular weight is 157 g/mol. The fraction of sp³-hybridized carbons (Fsp3) is 1.00. The minimum atomic E-state index is 0.513. The van der Waals surface area contributed by atoms with Crippen LogP contribution >= 0.6 is 0 Å². The van der Waals surface area contributed by atoms with E-state index in [0.29, 0.717) is 17.9 Å². The van der Waals surface area contributed by atoms with Crippen LogP contribution in [0.25, 0.3) is 0 Å². The molecule has 2 nitrogen and oxygen atoms in total. The molecule has 0 saturated carbocycles. The van der Waals surface area contributed by atoms with Gasteiger partial charge in [-0.05, 0) is 31.2 Å². The van der Waals surface area contributed by atoms with E-state index >= 15 is 0 Å².